The Balaban J connectivity index is 2.46. The monoisotopic (exact) mass is 386 g/mol. The predicted octanol–water partition coefficient (Wildman–Crippen LogP) is 1.71. The van der Waals surface area contributed by atoms with Crippen molar-refractivity contribution >= 4 is 27.9 Å². The molecule has 2 atom stereocenters. The van der Waals surface area contributed by atoms with Gasteiger partial charge in [0.1, 0.15) is 11.8 Å². The molecule has 0 saturated heterocycles. The van der Waals surface area contributed by atoms with E-state index in [1.54, 1.807) is 7.11 Å². The van der Waals surface area contributed by atoms with E-state index < -0.39 is 6.03 Å². The van der Waals surface area contributed by atoms with Crippen LogP contribution in [0.5, 0.6) is 5.75 Å². The number of ether oxygens (including phenoxy) is 1. The number of amides is 3. The maximum absolute atomic E-state index is 11.8. The molecule has 7 heteroatoms. The number of carbonyl (C=O) groups excluding carboxylic acids is 2. The minimum absolute atomic E-state index is 0.0438. The summed E-state index contributed by atoms with van der Waals surface area (Å²) in [6.07, 6.45) is 0.817. The third-order valence-electron chi connectivity index (χ3n) is 3.60. The van der Waals surface area contributed by atoms with Gasteiger partial charge in [0, 0.05) is 11.6 Å². The molecule has 1 rings (SSSR count). The molecule has 3 amide bonds. The van der Waals surface area contributed by atoms with Crippen LogP contribution in [0.2, 0.25) is 0 Å². The third-order valence-corrected chi connectivity index (χ3v) is 4.22. The predicted molar refractivity (Wildman–Crippen MR) is 92.3 cm³/mol. The molecule has 0 aliphatic heterocycles. The van der Waals surface area contributed by atoms with Gasteiger partial charge < -0.3 is 15.4 Å². The van der Waals surface area contributed by atoms with Gasteiger partial charge in [0.05, 0.1) is 11.6 Å². The number of methoxy groups -OCH3 is 1. The molecule has 128 valence electrons. The summed E-state index contributed by atoms with van der Waals surface area (Å²) in [7, 11) is 1.62. The smallest absolute Gasteiger partial charge is 0.321 e. The first-order chi connectivity index (χ1) is 10.9. The van der Waals surface area contributed by atoms with Crippen LogP contribution in [0, 0.1) is 0 Å². The molecule has 0 fully saturated rings. The Kier molecular flexibility index (Phi) is 8.05. The van der Waals surface area contributed by atoms with E-state index in [1.807, 2.05) is 44.3 Å². The summed E-state index contributed by atoms with van der Waals surface area (Å²) in [5, 5.41) is 6.90. The summed E-state index contributed by atoms with van der Waals surface area (Å²) in [5.41, 5.74) is 1.06. The third kappa shape index (κ3) is 6.58. The topological polar surface area (TPSA) is 84.0 Å². The quantitative estimate of drug-likeness (QED) is 0.666. The summed E-state index contributed by atoms with van der Waals surface area (Å²) in [5.74, 6) is 0.450. The lowest BCUT2D eigenvalue weighted by atomic mass is 10.1. The maximum atomic E-state index is 11.8. The Morgan fingerprint density at radius 3 is 2.61 bits per heavy atom. The minimum atomic E-state index is -0.447. The molecule has 0 unspecified atom stereocenters. The van der Waals surface area contributed by atoms with E-state index in [2.05, 4.69) is 26.6 Å². The number of rotatable bonds is 7. The number of quaternary nitrogens is 1. The van der Waals surface area contributed by atoms with Crippen molar-refractivity contribution in [2.45, 2.75) is 39.3 Å². The Hall–Kier alpha value is -1.60. The average Bonchev–Trinajstić information content (AvgIpc) is 2.52. The first-order valence-corrected chi connectivity index (χ1v) is 8.43. The molecule has 0 bridgehead atoms. The molecule has 1 aromatic rings. The molecule has 0 spiro atoms. The molecule has 23 heavy (non-hydrogen) atoms. The number of nitrogens with one attached hydrogen (secondary N) is 2. The average molecular weight is 387 g/mol. The van der Waals surface area contributed by atoms with Gasteiger partial charge >= 0.3 is 6.03 Å². The molecular weight excluding hydrogens is 362 g/mol. The highest BCUT2D eigenvalue weighted by Gasteiger charge is 2.15. The van der Waals surface area contributed by atoms with Crippen molar-refractivity contribution in [1.82, 2.24) is 10.6 Å². The van der Waals surface area contributed by atoms with Crippen molar-refractivity contribution in [3.8, 4) is 5.75 Å². The number of nitrogens with two attached hydrogens (primary N) is 1. The van der Waals surface area contributed by atoms with Gasteiger partial charge in [0.2, 0.25) is 0 Å². The highest BCUT2D eigenvalue weighted by molar-refractivity contribution is 9.10. The second-order valence-corrected chi connectivity index (χ2v) is 6.31. The molecule has 4 N–H and O–H groups in total. The summed E-state index contributed by atoms with van der Waals surface area (Å²) in [4.78, 5) is 23.4. The van der Waals surface area contributed by atoms with Gasteiger partial charge in [0.25, 0.3) is 5.91 Å². The van der Waals surface area contributed by atoms with E-state index in [-0.39, 0.29) is 24.5 Å². The number of halogens is 1. The van der Waals surface area contributed by atoms with Gasteiger partial charge in [-0.05, 0) is 54.4 Å². The Morgan fingerprint density at radius 2 is 2.04 bits per heavy atom. The van der Waals surface area contributed by atoms with E-state index in [0.29, 0.717) is 0 Å². The van der Waals surface area contributed by atoms with Gasteiger partial charge in [0.15, 0.2) is 6.54 Å². The SMILES string of the molecule is CC[C@@H](C)NC(=O)NC(=O)C[NH2+][C@@H](C)c1ccc(OC)c(Br)c1. The molecule has 0 radical (unpaired) electrons. The lowest BCUT2D eigenvalue weighted by Crippen LogP contribution is -2.87. The fourth-order valence-corrected chi connectivity index (χ4v) is 2.48. The Bertz CT molecular complexity index is 551. The summed E-state index contributed by atoms with van der Waals surface area (Å²) in [6.45, 7) is 6.04. The van der Waals surface area contributed by atoms with Crippen LogP contribution in [-0.4, -0.2) is 31.6 Å². The number of hydrogen-bond acceptors (Lipinski definition) is 3. The van der Waals surface area contributed by atoms with Crippen molar-refractivity contribution in [2.75, 3.05) is 13.7 Å². The normalized spacial score (nSPS) is 13.1. The first kappa shape index (κ1) is 19.4. The maximum Gasteiger partial charge on any atom is 0.321 e. The van der Waals surface area contributed by atoms with E-state index >= 15 is 0 Å². The van der Waals surface area contributed by atoms with Crippen LogP contribution in [0.4, 0.5) is 4.79 Å². The molecule has 0 saturated carbocycles. The number of hydrogen-bond donors (Lipinski definition) is 3. The standard InChI is InChI=1S/C16H24BrN3O3/c1-5-10(2)19-16(22)20-15(21)9-18-11(3)12-6-7-14(23-4)13(17)8-12/h6-8,10-11,18H,5,9H2,1-4H3,(H2,19,20,21,22)/p+1/t10-,11+/m1/s1. The highest BCUT2D eigenvalue weighted by Crippen LogP contribution is 2.26. The van der Waals surface area contributed by atoms with Gasteiger partial charge in [-0.3, -0.25) is 10.1 Å². The number of urea groups is 1. The van der Waals surface area contributed by atoms with Crippen LogP contribution in [0.15, 0.2) is 22.7 Å². The van der Waals surface area contributed by atoms with Crippen LogP contribution in [0.3, 0.4) is 0 Å². The summed E-state index contributed by atoms with van der Waals surface area (Å²) < 4.78 is 6.07. The fourth-order valence-electron chi connectivity index (χ4n) is 1.93. The second-order valence-electron chi connectivity index (χ2n) is 5.45. The van der Waals surface area contributed by atoms with Crippen LogP contribution in [0.25, 0.3) is 0 Å². The van der Waals surface area contributed by atoms with E-state index in [1.165, 1.54) is 0 Å². The van der Waals surface area contributed by atoms with Crippen LogP contribution >= 0.6 is 15.9 Å². The van der Waals surface area contributed by atoms with Gasteiger partial charge in [-0.15, -0.1) is 0 Å². The minimum Gasteiger partial charge on any atom is -0.496 e. The highest BCUT2D eigenvalue weighted by atomic mass is 79.9. The van der Waals surface area contributed by atoms with Crippen LogP contribution < -0.4 is 20.7 Å². The first-order valence-electron chi connectivity index (χ1n) is 7.64. The zero-order valence-corrected chi connectivity index (χ0v) is 15.6. The van der Waals surface area contributed by atoms with Crippen LogP contribution in [-0.2, 0) is 4.79 Å². The van der Waals surface area contributed by atoms with Crippen molar-refractivity contribution in [3.05, 3.63) is 28.2 Å². The Labute approximate surface area is 145 Å². The molecule has 0 heterocycles. The van der Waals surface area contributed by atoms with E-state index in [4.69, 9.17) is 4.74 Å². The van der Waals surface area contributed by atoms with Crippen LogP contribution in [0.1, 0.15) is 38.8 Å². The van der Waals surface area contributed by atoms with Gasteiger partial charge in [-0.1, -0.05) is 6.92 Å². The van der Waals surface area contributed by atoms with Crippen molar-refractivity contribution in [3.63, 3.8) is 0 Å². The number of imide groups is 1. The molecular formula is C16H25BrN3O3+. The molecule has 1 aromatic carbocycles. The lowest BCUT2D eigenvalue weighted by Gasteiger charge is -2.14. The largest absolute Gasteiger partial charge is 0.496 e. The second kappa shape index (κ2) is 9.52. The van der Waals surface area contributed by atoms with Gasteiger partial charge in [-0.25, -0.2) is 4.79 Å². The fraction of sp³-hybridized carbons (Fsp3) is 0.500. The number of carbonyl (C=O) groups is 2. The summed E-state index contributed by atoms with van der Waals surface area (Å²) >= 11 is 3.45. The Morgan fingerprint density at radius 1 is 1.35 bits per heavy atom. The van der Waals surface area contributed by atoms with Crippen molar-refractivity contribution < 1.29 is 19.6 Å². The van der Waals surface area contributed by atoms with E-state index in [9.17, 15) is 9.59 Å². The van der Waals surface area contributed by atoms with E-state index in [0.717, 1.165) is 22.2 Å². The molecule has 0 aromatic heterocycles. The van der Waals surface area contributed by atoms with Gasteiger partial charge in [-0.2, -0.15) is 0 Å². The summed E-state index contributed by atoms with van der Waals surface area (Å²) in [6, 6.07) is 5.48. The lowest BCUT2D eigenvalue weighted by molar-refractivity contribution is -0.682. The zero-order chi connectivity index (χ0) is 17.4. The van der Waals surface area contributed by atoms with Crippen molar-refractivity contribution in [2.24, 2.45) is 0 Å². The number of benzene rings is 1. The molecule has 0 aliphatic rings. The molecule has 0 aliphatic carbocycles. The van der Waals surface area contributed by atoms with Crippen molar-refractivity contribution in [1.29, 1.82) is 0 Å². The zero-order valence-electron chi connectivity index (χ0n) is 14.0. The molecule has 6 nitrogen and oxygen atoms in total.